The summed E-state index contributed by atoms with van der Waals surface area (Å²) in [6.45, 7) is 3.38. The third kappa shape index (κ3) is 4.36. The van der Waals surface area contributed by atoms with E-state index < -0.39 is 0 Å². The fourth-order valence-corrected chi connectivity index (χ4v) is 3.92. The first-order valence-corrected chi connectivity index (χ1v) is 11.0. The summed E-state index contributed by atoms with van der Waals surface area (Å²) in [5, 5.41) is 2.93. The lowest BCUT2D eigenvalue weighted by Gasteiger charge is -2.10. The third-order valence-electron chi connectivity index (χ3n) is 5.68. The van der Waals surface area contributed by atoms with Crippen molar-refractivity contribution in [1.29, 1.82) is 0 Å². The molecule has 0 saturated heterocycles. The molecule has 2 heterocycles. The average molecular weight is 439 g/mol. The number of hydrogen-bond donors (Lipinski definition) is 3. The molecule has 5 rings (SSSR count). The van der Waals surface area contributed by atoms with Gasteiger partial charge in [0.25, 0.3) is 5.91 Å². The van der Waals surface area contributed by atoms with Gasteiger partial charge in [-0.25, -0.2) is 9.97 Å². The quantitative estimate of drug-likeness (QED) is 0.367. The van der Waals surface area contributed by atoms with Crippen molar-refractivity contribution >= 4 is 28.0 Å². The van der Waals surface area contributed by atoms with Crippen molar-refractivity contribution in [2.45, 2.75) is 6.92 Å². The molecule has 1 amide bonds. The molecule has 0 unspecified atom stereocenters. The Morgan fingerprint density at radius 1 is 0.848 bits per heavy atom. The molecule has 0 fully saturated rings. The number of hydrogen-bond acceptors (Lipinski definition) is 4. The summed E-state index contributed by atoms with van der Waals surface area (Å²) in [4.78, 5) is 30.3. The van der Waals surface area contributed by atoms with Crippen LogP contribution in [0.4, 0.5) is 0 Å². The van der Waals surface area contributed by atoms with Gasteiger partial charge < -0.3 is 20.2 Å². The normalized spacial score (nSPS) is 11.5. The van der Waals surface area contributed by atoms with Gasteiger partial charge in [0.1, 0.15) is 11.6 Å². The summed E-state index contributed by atoms with van der Waals surface area (Å²) in [5.41, 5.74) is 7.67. The molecule has 7 heteroatoms. The van der Waals surface area contributed by atoms with Crippen LogP contribution < -0.4 is 5.32 Å². The van der Waals surface area contributed by atoms with E-state index >= 15 is 0 Å². The molecule has 3 aromatic carbocycles. The highest BCUT2D eigenvalue weighted by atomic mass is 16.1. The molecule has 0 bridgehead atoms. The summed E-state index contributed by atoms with van der Waals surface area (Å²) in [7, 11) is 3.96. The van der Waals surface area contributed by atoms with Crippen LogP contribution in [0.15, 0.2) is 60.7 Å². The number of carbonyl (C=O) groups is 1. The number of likely N-dealkylation sites (N-methyl/N-ethyl adjacent to an activating group) is 1. The number of nitrogens with zero attached hydrogens (tertiary/aromatic N) is 3. The summed E-state index contributed by atoms with van der Waals surface area (Å²) in [6, 6.07) is 20.0. The van der Waals surface area contributed by atoms with Gasteiger partial charge in [-0.2, -0.15) is 0 Å². The zero-order valence-corrected chi connectivity index (χ0v) is 18.9. The van der Waals surface area contributed by atoms with Crippen LogP contribution in [0, 0.1) is 6.92 Å². The van der Waals surface area contributed by atoms with E-state index in [9.17, 15) is 4.79 Å². The Labute approximate surface area is 191 Å². The van der Waals surface area contributed by atoms with Crippen LogP contribution in [0.1, 0.15) is 16.2 Å². The first-order valence-electron chi connectivity index (χ1n) is 11.0. The van der Waals surface area contributed by atoms with E-state index in [1.54, 1.807) is 0 Å². The van der Waals surface area contributed by atoms with Crippen LogP contribution >= 0.6 is 0 Å². The number of aryl methyl sites for hydroxylation is 1. The number of aromatic amines is 2. The molecule has 2 aromatic heterocycles. The van der Waals surface area contributed by atoms with Crippen molar-refractivity contribution in [1.82, 2.24) is 30.2 Å². The minimum Gasteiger partial charge on any atom is -0.351 e. The summed E-state index contributed by atoms with van der Waals surface area (Å²) in [6.07, 6.45) is 0. The number of H-pyrrole nitrogens is 2. The molecule has 0 aliphatic rings. The number of carbonyl (C=O) groups excluding carboxylic acids is 1. The summed E-state index contributed by atoms with van der Waals surface area (Å²) >= 11 is 0. The van der Waals surface area contributed by atoms with E-state index in [0.717, 1.165) is 57.0 Å². The molecule has 33 heavy (non-hydrogen) atoms. The first kappa shape index (κ1) is 20.9. The molecule has 0 aliphatic heterocycles. The van der Waals surface area contributed by atoms with E-state index in [1.165, 1.54) is 0 Å². The largest absolute Gasteiger partial charge is 0.351 e. The number of imidazole rings is 2. The average Bonchev–Trinajstić information content (AvgIpc) is 3.40. The summed E-state index contributed by atoms with van der Waals surface area (Å²) in [5.74, 6) is 1.62. The molecule has 5 aromatic rings. The van der Waals surface area contributed by atoms with Gasteiger partial charge in [0.2, 0.25) is 0 Å². The second-order valence-electron chi connectivity index (χ2n) is 8.51. The predicted molar refractivity (Wildman–Crippen MR) is 132 cm³/mol. The molecule has 7 nitrogen and oxygen atoms in total. The van der Waals surface area contributed by atoms with Crippen LogP contribution in [0.3, 0.4) is 0 Å². The number of amides is 1. The predicted octanol–water partition coefficient (Wildman–Crippen LogP) is 4.37. The van der Waals surface area contributed by atoms with Crippen molar-refractivity contribution in [3.05, 3.63) is 72.1 Å². The smallest absolute Gasteiger partial charge is 0.251 e. The fourth-order valence-electron chi connectivity index (χ4n) is 3.92. The Balaban J connectivity index is 1.37. The fraction of sp³-hybridized carbons (Fsp3) is 0.192. The van der Waals surface area contributed by atoms with E-state index in [2.05, 4.69) is 44.5 Å². The maximum absolute atomic E-state index is 12.3. The van der Waals surface area contributed by atoms with E-state index in [-0.39, 0.29) is 5.91 Å². The summed E-state index contributed by atoms with van der Waals surface area (Å²) < 4.78 is 0. The molecule has 0 radical (unpaired) electrons. The van der Waals surface area contributed by atoms with Crippen LogP contribution in [-0.2, 0) is 0 Å². The van der Waals surface area contributed by atoms with E-state index in [4.69, 9.17) is 4.98 Å². The highest BCUT2D eigenvalue weighted by molar-refractivity contribution is 5.94. The maximum atomic E-state index is 12.3. The Kier molecular flexibility index (Phi) is 5.40. The van der Waals surface area contributed by atoms with Gasteiger partial charge in [-0.3, -0.25) is 4.79 Å². The highest BCUT2D eigenvalue weighted by Gasteiger charge is 2.10. The molecule has 3 N–H and O–H groups in total. The van der Waals surface area contributed by atoms with Gasteiger partial charge in [0, 0.05) is 24.2 Å². The Morgan fingerprint density at radius 2 is 1.45 bits per heavy atom. The van der Waals surface area contributed by atoms with Crippen molar-refractivity contribution in [3.8, 4) is 22.5 Å². The van der Waals surface area contributed by atoms with E-state index in [1.807, 2.05) is 62.3 Å². The zero-order valence-electron chi connectivity index (χ0n) is 18.9. The van der Waals surface area contributed by atoms with Crippen molar-refractivity contribution in [2.24, 2.45) is 0 Å². The monoisotopic (exact) mass is 438 g/mol. The van der Waals surface area contributed by atoms with Gasteiger partial charge >= 0.3 is 0 Å². The minimum atomic E-state index is -0.0675. The van der Waals surface area contributed by atoms with Gasteiger partial charge in [-0.05, 0) is 68.5 Å². The number of nitrogens with one attached hydrogen (secondary N) is 3. The van der Waals surface area contributed by atoms with Crippen LogP contribution in [0.25, 0.3) is 44.6 Å². The molecule has 166 valence electrons. The Morgan fingerprint density at radius 3 is 2.12 bits per heavy atom. The highest BCUT2D eigenvalue weighted by Crippen LogP contribution is 2.28. The number of fused-ring (bicyclic) bond motifs is 2. The Hall–Kier alpha value is -3.97. The lowest BCUT2D eigenvalue weighted by atomic mass is 10.0. The van der Waals surface area contributed by atoms with Crippen LogP contribution in [0.5, 0.6) is 0 Å². The van der Waals surface area contributed by atoms with Crippen LogP contribution in [-0.4, -0.2) is 57.9 Å². The number of benzene rings is 3. The van der Waals surface area contributed by atoms with Crippen LogP contribution in [0.2, 0.25) is 0 Å². The lowest BCUT2D eigenvalue weighted by molar-refractivity contribution is 0.0951. The zero-order chi connectivity index (χ0) is 22.9. The molecular weight excluding hydrogens is 412 g/mol. The van der Waals surface area contributed by atoms with Gasteiger partial charge in [-0.15, -0.1) is 0 Å². The standard InChI is InChI=1S/C26H26N6O/c1-16-28-21-10-8-19(14-23(21)29-16)20-9-11-22-24(15-20)31-25(30-22)17-4-6-18(7-5-17)26(33)27-12-13-32(2)3/h4-11,14-15H,12-13H2,1-3H3,(H,27,33)(H,28,29)(H,30,31). The molecule has 0 aliphatic carbocycles. The van der Waals surface area contributed by atoms with Crippen molar-refractivity contribution in [2.75, 3.05) is 27.2 Å². The van der Waals surface area contributed by atoms with Gasteiger partial charge in [0.15, 0.2) is 0 Å². The second kappa shape index (κ2) is 8.52. The van der Waals surface area contributed by atoms with E-state index in [0.29, 0.717) is 12.1 Å². The first-order chi connectivity index (χ1) is 16.0. The van der Waals surface area contributed by atoms with Gasteiger partial charge in [0.05, 0.1) is 22.1 Å². The topological polar surface area (TPSA) is 89.7 Å². The number of rotatable bonds is 6. The SMILES string of the molecule is Cc1nc2ccc(-c3ccc4nc(-c5ccc(C(=O)NCCN(C)C)cc5)[nH]c4c3)cc2[nH]1. The maximum Gasteiger partial charge on any atom is 0.251 e. The molecular formula is C26H26N6O. The minimum absolute atomic E-state index is 0.0675. The van der Waals surface area contributed by atoms with Crippen molar-refractivity contribution in [3.63, 3.8) is 0 Å². The third-order valence-corrected chi connectivity index (χ3v) is 5.68. The Bertz CT molecular complexity index is 1450. The van der Waals surface area contributed by atoms with Gasteiger partial charge in [-0.1, -0.05) is 24.3 Å². The lowest BCUT2D eigenvalue weighted by Crippen LogP contribution is -2.31. The second-order valence-corrected chi connectivity index (χ2v) is 8.51. The molecule has 0 saturated carbocycles. The number of aromatic nitrogens is 4. The molecule has 0 atom stereocenters. The molecule has 0 spiro atoms. The van der Waals surface area contributed by atoms with Crippen molar-refractivity contribution < 1.29 is 4.79 Å².